The fourth-order valence-corrected chi connectivity index (χ4v) is 3.23. The summed E-state index contributed by atoms with van der Waals surface area (Å²) in [6, 6.07) is 13.9. The highest BCUT2D eigenvalue weighted by molar-refractivity contribution is 6.01. The number of pyridine rings is 1. The number of hydrogen-bond donors (Lipinski definition) is 1. The molecule has 24 heavy (non-hydrogen) atoms. The van der Waals surface area contributed by atoms with Crippen molar-refractivity contribution in [2.24, 2.45) is 5.92 Å². The lowest BCUT2D eigenvalue weighted by atomic mass is 9.88. The molecule has 1 aromatic heterocycles. The van der Waals surface area contributed by atoms with Gasteiger partial charge in [0.2, 0.25) is 11.7 Å². The summed E-state index contributed by atoms with van der Waals surface area (Å²) in [6.45, 7) is 0. The summed E-state index contributed by atoms with van der Waals surface area (Å²) < 4.78 is 0. The van der Waals surface area contributed by atoms with Crippen molar-refractivity contribution in [2.75, 3.05) is 0 Å². The van der Waals surface area contributed by atoms with Gasteiger partial charge in [-0.15, -0.1) is 0 Å². The van der Waals surface area contributed by atoms with Gasteiger partial charge in [-0.2, -0.15) is 0 Å². The van der Waals surface area contributed by atoms with Crippen LogP contribution in [-0.4, -0.2) is 16.7 Å². The predicted molar refractivity (Wildman–Crippen MR) is 92.5 cm³/mol. The maximum absolute atomic E-state index is 12.9. The summed E-state index contributed by atoms with van der Waals surface area (Å²) in [4.78, 5) is 29.7. The van der Waals surface area contributed by atoms with Gasteiger partial charge in [0.05, 0.1) is 0 Å². The highest BCUT2D eigenvalue weighted by Gasteiger charge is 2.28. The van der Waals surface area contributed by atoms with Crippen molar-refractivity contribution in [1.82, 2.24) is 10.3 Å². The summed E-state index contributed by atoms with van der Waals surface area (Å²) in [5.41, 5.74) is 1.16. The molecule has 4 heteroatoms. The van der Waals surface area contributed by atoms with Crippen LogP contribution in [0.4, 0.5) is 0 Å². The molecular weight excluding hydrogens is 300 g/mol. The van der Waals surface area contributed by atoms with Crippen molar-refractivity contribution >= 4 is 11.7 Å². The predicted octanol–water partition coefficient (Wildman–Crippen LogP) is 3.70. The van der Waals surface area contributed by atoms with E-state index in [1.165, 1.54) is 6.42 Å². The van der Waals surface area contributed by atoms with E-state index in [2.05, 4.69) is 10.3 Å². The molecule has 0 radical (unpaired) electrons. The van der Waals surface area contributed by atoms with E-state index < -0.39 is 6.04 Å². The fraction of sp³-hybridized carbons (Fsp3) is 0.350. The first-order valence-corrected chi connectivity index (χ1v) is 8.56. The summed E-state index contributed by atoms with van der Waals surface area (Å²) in [5, 5.41) is 2.97. The van der Waals surface area contributed by atoms with Crippen LogP contribution in [0.15, 0.2) is 54.7 Å². The molecule has 1 atom stereocenters. The van der Waals surface area contributed by atoms with Crippen molar-refractivity contribution < 1.29 is 9.59 Å². The van der Waals surface area contributed by atoms with Gasteiger partial charge in [-0.3, -0.25) is 14.6 Å². The zero-order valence-electron chi connectivity index (χ0n) is 13.7. The Kier molecular flexibility index (Phi) is 5.36. The van der Waals surface area contributed by atoms with Crippen LogP contribution in [0.1, 0.15) is 54.2 Å². The van der Waals surface area contributed by atoms with Crippen LogP contribution < -0.4 is 5.32 Å². The van der Waals surface area contributed by atoms with Crippen LogP contribution in [-0.2, 0) is 4.79 Å². The lowest BCUT2D eigenvalue weighted by Gasteiger charge is -2.24. The molecule has 1 unspecified atom stereocenters. The average Bonchev–Trinajstić information content (AvgIpc) is 2.67. The minimum absolute atomic E-state index is 0.0153. The second-order valence-corrected chi connectivity index (χ2v) is 6.27. The Morgan fingerprint density at radius 1 is 0.958 bits per heavy atom. The van der Waals surface area contributed by atoms with Gasteiger partial charge in [-0.05, 0) is 30.5 Å². The summed E-state index contributed by atoms with van der Waals surface area (Å²) >= 11 is 0. The minimum Gasteiger partial charge on any atom is -0.342 e. The Morgan fingerprint density at radius 3 is 2.33 bits per heavy atom. The number of benzene rings is 1. The third-order valence-corrected chi connectivity index (χ3v) is 4.57. The monoisotopic (exact) mass is 322 g/mol. The number of amides is 1. The smallest absolute Gasteiger partial charge is 0.223 e. The number of nitrogens with zero attached hydrogens (tertiary/aromatic N) is 1. The molecular formula is C20H22N2O2. The van der Waals surface area contributed by atoms with Crippen LogP contribution in [0.2, 0.25) is 0 Å². The average molecular weight is 322 g/mol. The van der Waals surface area contributed by atoms with E-state index in [1.54, 1.807) is 24.4 Å². The van der Waals surface area contributed by atoms with E-state index in [4.69, 9.17) is 0 Å². The lowest BCUT2D eigenvalue weighted by molar-refractivity contribution is -0.126. The molecule has 1 amide bonds. The first-order valence-electron chi connectivity index (χ1n) is 8.56. The SMILES string of the molecule is O=C(NC(C(=O)c1ccccn1)c1ccccc1)C1CCCCC1. The van der Waals surface area contributed by atoms with Gasteiger partial charge in [0, 0.05) is 12.1 Å². The standard InChI is InChI=1S/C20H22N2O2/c23-19(17-13-7-8-14-21-17)18(15-9-3-1-4-10-15)22-20(24)16-11-5-2-6-12-16/h1,3-4,7-10,13-14,16,18H,2,5-6,11-12H2,(H,22,24). The fourth-order valence-electron chi connectivity index (χ4n) is 3.23. The van der Waals surface area contributed by atoms with Crippen molar-refractivity contribution in [3.8, 4) is 0 Å². The van der Waals surface area contributed by atoms with E-state index >= 15 is 0 Å². The van der Waals surface area contributed by atoms with E-state index in [-0.39, 0.29) is 17.6 Å². The zero-order valence-corrected chi connectivity index (χ0v) is 13.7. The van der Waals surface area contributed by atoms with E-state index in [0.717, 1.165) is 31.2 Å². The number of carbonyl (C=O) groups is 2. The molecule has 0 bridgehead atoms. The van der Waals surface area contributed by atoms with E-state index in [0.29, 0.717) is 5.69 Å². The Balaban J connectivity index is 1.82. The number of carbonyl (C=O) groups excluding carboxylic acids is 2. The Labute approximate surface area is 142 Å². The molecule has 124 valence electrons. The molecule has 1 aliphatic rings. The first kappa shape index (κ1) is 16.4. The molecule has 0 saturated heterocycles. The molecule has 1 aliphatic carbocycles. The Morgan fingerprint density at radius 2 is 1.67 bits per heavy atom. The number of rotatable bonds is 5. The third kappa shape index (κ3) is 3.88. The molecule has 1 saturated carbocycles. The third-order valence-electron chi connectivity index (χ3n) is 4.57. The van der Waals surface area contributed by atoms with E-state index in [1.807, 2.05) is 30.3 Å². The number of ketones is 1. The summed E-state index contributed by atoms with van der Waals surface area (Å²) in [6.07, 6.45) is 6.78. The van der Waals surface area contributed by atoms with Gasteiger partial charge in [-0.25, -0.2) is 0 Å². The van der Waals surface area contributed by atoms with Gasteiger partial charge < -0.3 is 5.32 Å². The maximum Gasteiger partial charge on any atom is 0.223 e. The van der Waals surface area contributed by atoms with Gasteiger partial charge in [0.25, 0.3) is 0 Å². The number of Topliss-reactive ketones (excluding diaryl/α,β-unsaturated/α-hetero) is 1. The van der Waals surface area contributed by atoms with E-state index in [9.17, 15) is 9.59 Å². The lowest BCUT2D eigenvalue weighted by Crippen LogP contribution is -2.38. The zero-order chi connectivity index (χ0) is 16.8. The normalized spacial score (nSPS) is 16.3. The highest BCUT2D eigenvalue weighted by Crippen LogP contribution is 2.25. The molecule has 1 heterocycles. The van der Waals surface area contributed by atoms with Crippen molar-refractivity contribution in [3.63, 3.8) is 0 Å². The number of aromatic nitrogens is 1. The highest BCUT2D eigenvalue weighted by atomic mass is 16.2. The van der Waals surface area contributed by atoms with Crippen LogP contribution in [0, 0.1) is 5.92 Å². The molecule has 1 N–H and O–H groups in total. The summed E-state index contributed by atoms with van der Waals surface area (Å²) in [5.74, 6) is -0.180. The van der Waals surface area contributed by atoms with Crippen LogP contribution in [0.3, 0.4) is 0 Å². The van der Waals surface area contributed by atoms with Gasteiger partial charge in [0.15, 0.2) is 0 Å². The van der Waals surface area contributed by atoms with Gasteiger partial charge in [-0.1, -0.05) is 55.7 Å². The Bertz CT molecular complexity index is 679. The molecule has 4 nitrogen and oxygen atoms in total. The maximum atomic E-state index is 12.9. The van der Waals surface area contributed by atoms with Crippen molar-refractivity contribution in [1.29, 1.82) is 0 Å². The molecule has 1 aromatic carbocycles. The quantitative estimate of drug-likeness (QED) is 0.854. The second kappa shape index (κ2) is 7.86. The Hall–Kier alpha value is -2.49. The minimum atomic E-state index is -0.685. The van der Waals surface area contributed by atoms with Crippen molar-refractivity contribution in [3.05, 3.63) is 66.0 Å². The second-order valence-electron chi connectivity index (χ2n) is 6.27. The molecule has 3 rings (SSSR count). The topological polar surface area (TPSA) is 59.1 Å². The molecule has 0 spiro atoms. The molecule has 0 aliphatic heterocycles. The van der Waals surface area contributed by atoms with Gasteiger partial charge in [0.1, 0.15) is 11.7 Å². The summed E-state index contributed by atoms with van der Waals surface area (Å²) in [7, 11) is 0. The van der Waals surface area contributed by atoms with Gasteiger partial charge >= 0.3 is 0 Å². The largest absolute Gasteiger partial charge is 0.342 e. The number of nitrogens with one attached hydrogen (secondary N) is 1. The molecule has 2 aromatic rings. The first-order chi connectivity index (χ1) is 11.8. The van der Waals surface area contributed by atoms with Crippen LogP contribution in [0.25, 0.3) is 0 Å². The number of hydrogen-bond acceptors (Lipinski definition) is 3. The van der Waals surface area contributed by atoms with Crippen LogP contribution >= 0.6 is 0 Å². The van der Waals surface area contributed by atoms with Crippen LogP contribution in [0.5, 0.6) is 0 Å². The van der Waals surface area contributed by atoms with Crippen molar-refractivity contribution in [2.45, 2.75) is 38.1 Å². The molecule has 1 fully saturated rings.